The van der Waals surface area contributed by atoms with Gasteiger partial charge in [0.2, 0.25) is 0 Å². The molecule has 0 fully saturated rings. The molecule has 4 heteroatoms. The molecule has 0 spiro atoms. The van der Waals surface area contributed by atoms with Crippen LogP contribution in [0.4, 0.5) is 4.79 Å². The maximum atomic E-state index is 11.5. The first-order valence-electron chi connectivity index (χ1n) is 4.54. The number of amidine groups is 1. The van der Waals surface area contributed by atoms with Crippen molar-refractivity contribution in [2.75, 3.05) is 0 Å². The van der Waals surface area contributed by atoms with Crippen LogP contribution in [-0.2, 0) is 4.74 Å². The van der Waals surface area contributed by atoms with Gasteiger partial charge in [0.15, 0.2) is 0 Å². The fourth-order valence-electron chi connectivity index (χ4n) is 0.776. The molecular formula is C10H18N2O2. The molecule has 0 aliphatic carbocycles. The van der Waals surface area contributed by atoms with Crippen molar-refractivity contribution in [1.29, 1.82) is 5.41 Å². The Balaban J connectivity index is 4.48. The summed E-state index contributed by atoms with van der Waals surface area (Å²) < 4.78 is 5.09. The standard InChI is InChI=1S/C10H18N2O2/c1-6-8(11)12(7-2)9(13)14-10(3,4)5/h7,11H,2,6H2,1,3-5H3. The second kappa shape index (κ2) is 4.79. The Morgan fingerprint density at radius 3 is 2.36 bits per heavy atom. The largest absolute Gasteiger partial charge is 0.443 e. The van der Waals surface area contributed by atoms with Crippen molar-refractivity contribution in [3.8, 4) is 0 Å². The first kappa shape index (κ1) is 12.7. The number of rotatable bonds is 2. The molecule has 4 nitrogen and oxygen atoms in total. The van der Waals surface area contributed by atoms with Gasteiger partial charge >= 0.3 is 6.09 Å². The molecule has 1 amide bonds. The number of hydrogen-bond acceptors (Lipinski definition) is 3. The van der Waals surface area contributed by atoms with Gasteiger partial charge in [-0.25, -0.2) is 9.69 Å². The molecule has 1 N–H and O–H groups in total. The molecule has 0 bridgehead atoms. The summed E-state index contributed by atoms with van der Waals surface area (Å²) in [5.74, 6) is 0.175. The van der Waals surface area contributed by atoms with E-state index in [-0.39, 0.29) is 5.84 Å². The molecule has 0 heterocycles. The summed E-state index contributed by atoms with van der Waals surface area (Å²) in [6, 6.07) is 0. The molecule has 0 aliphatic rings. The first-order valence-corrected chi connectivity index (χ1v) is 4.54. The third-order valence-electron chi connectivity index (χ3n) is 1.40. The lowest BCUT2D eigenvalue weighted by molar-refractivity contribution is 0.0423. The predicted molar refractivity (Wildman–Crippen MR) is 56.3 cm³/mol. The summed E-state index contributed by atoms with van der Waals surface area (Å²) in [6.07, 6.45) is 1.20. The summed E-state index contributed by atoms with van der Waals surface area (Å²) >= 11 is 0. The van der Waals surface area contributed by atoms with E-state index in [0.717, 1.165) is 4.90 Å². The van der Waals surface area contributed by atoms with Crippen molar-refractivity contribution in [2.24, 2.45) is 0 Å². The van der Waals surface area contributed by atoms with Gasteiger partial charge in [-0.2, -0.15) is 0 Å². The maximum Gasteiger partial charge on any atom is 0.419 e. The molecule has 0 radical (unpaired) electrons. The van der Waals surface area contributed by atoms with Crippen LogP contribution in [0, 0.1) is 5.41 Å². The average Bonchev–Trinajstić information content (AvgIpc) is 2.01. The number of nitrogens with zero attached hydrogens (tertiary/aromatic N) is 1. The summed E-state index contributed by atoms with van der Waals surface area (Å²) in [5, 5.41) is 7.49. The predicted octanol–water partition coefficient (Wildman–Crippen LogP) is 2.75. The van der Waals surface area contributed by atoms with Crippen molar-refractivity contribution in [3.05, 3.63) is 12.8 Å². The minimum absolute atomic E-state index is 0.175. The SMILES string of the molecule is C=CN(C(=N)CC)C(=O)OC(C)(C)C. The highest BCUT2D eigenvalue weighted by molar-refractivity contribution is 5.94. The fourth-order valence-corrected chi connectivity index (χ4v) is 0.776. The van der Waals surface area contributed by atoms with E-state index in [4.69, 9.17) is 10.1 Å². The number of carbonyl (C=O) groups is 1. The minimum atomic E-state index is -0.556. The van der Waals surface area contributed by atoms with Crippen LogP contribution in [-0.4, -0.2) is 22.4 Å². The third-order valence-corrected chi connectivity index (χ3v) is 1.40. The minimum Gasteiger partial charge on any atom is -0.443 e. The van der Waals surface area contributed by atoms with Gasteiger partial charge in [0.1, 0.15) is 11.4 Å². The molecule has 0 atom stereocenters. The molecule has 0 aromatic carbocycles. The first-order chi connectivity index (χ1) is 6.31. The van der Waals surface area contributed by atoms with Crippen molar-refractivity contribution >= 4 is 11.9 Å². The number of nitrogens with one attached hydrogen (secondary N) is 1. The molecule has 80 valence electrons. The summed E-state index contributed by atoms with van der Waals surface area (Å²) in [4.78, 5) is 12.6. The van der Waals surface area contributed by atoms with Crippen LogP contribution in [0.2, 0.25) is 0 Å². The molecule has 0 saturated heterocycles. The summed E-state index contributed by atoms with van der Waals surface area (Å²) in [5.41, 5.74) is -0.549. The molecule has 0 aromatic rings. The van der Waals surface area contributed by atoms with E-state index in [2.05, 4.69) is 6.58 Å². The number of amides is 1. The quantitative estimate of drug-likeness (QED) is 0.548. The fraction of sp³-hybridized carbons (Fsp3) is 0.600. The van der Waals surface area contributed by atoms with E-state index in [0.29, 0.717) is 6.42 Å². The van der Waals surface area contributed by atoms with Gasteiger partial charge in [-0.3, -0.25) is 5.41 Å². The van der Waals surface area contributed by atoms with Crippen LogP contribution in [0.15, 0.2) is 12.8 Å². The van der Waals surface area contributed by atoms with E-state index >= 15 is 0 Å². The van der Waals surface area contributed by atoms with Gasteiger partial charge in [0, 0.05) is 12.6 Å². The Bertz CT molecular complexity index is 241. The zero-order valence-corrected chi connectivity index (χ0v) is 9.26. The smallest absolute Gasteiger partial charge is 0.419 e. The number of ether oxygens (including phenoxy) is 1. The Hall–Kier alpha value is -1.32. The highest BCUT2D eigenvalue weighted by Gasteiger charge is 2.22. The summed E-state index contributed by atoms with van der Waals surface area (Å²) in [6.45, 7) is 10.6. The second-order valence-corrected chi connectivity index (χ2v) is 3.83. The lowest BCUT2D eigenvalue weighted by Crippen LogP contribution is -2.36. The highest BCUT2D eigenvalue weighted by atomic mass is 16.6. The lowest BCUT2D eigenvalue weighted by Gasteiger charge is -2.24. The van der Waals surface area contributed by atoms with E-state index in [9.17, 15) is 4.79 Å². The van der Waals surface area contributed by atoms with Crippen LogP contribution in [0.25, 0.3) is 0 Å². The topological polar surface area (TPSA) is 53.4 Å². The van der Waals surface area contributed by atoms with Crippen LogP contribution in [0.1, 0.15) is 34.1 Å². The Kier molecular flexibility index (Phi) is 4.34. The van der Waals surface area contributed by atoms with Gasteiger partial charge in [-0.1, -0.05) is 13.5 Å². The van der Waals surface area contributed by atoms with Crippen molar-refractivity contribution < 1.29 is 9.53 Å². The van der Waals surface area contributed by atoms with Crippen LogP contribution in [0.5, 0.6) is 0 Å². The normalized spacial score (nSPS) is 10.6. The van der Waals surface area contributed by atoms with Gasteiger partial charge in [-0.15, -0.1) is 0 Å². The Morgan fingerprint density at radius 1 is 1.57 bits per heavy atom. The van der Waals surface area contributed by atoms with E-state index in [1.165, 1.54) is 6.20 Å². The van der Waals surface area contributed by atoms with Crippen LogP contribution >= 0.6 is 0 Å². The molecule has 0 rings (SSSR count). The molecular weight excluding hydrogens is 180 g/mol. The monoisotopic (exact) mass is 198 g/mol. The van der Waals surface area contributed by atoms with Gasteiger partial charge in [-0.05, 0) is 20.8 Å². The average molecular weight is 198 g/mol. The molecule has 14 heavy (non-hydrogen) atoms. The third kappa shape index (κ3) is 4.07. The summed E-state index contributed by atoms with van der Waals surface area (Å²) in [7, 11) is 0. The van der Waals surface area contributed by atoms with Crippen molar-refractivity contribution in [3.63, 3.8) is 0 Å². The zero-order chi connectivity index (χ0) is 11.4. The van der Waals surface area contributed by atoms with E-state index < -0.39 is 11.7 Å². The van der Waals surface area contributed by atoms with E-state index in [1.54, 1.807) is 27.7 Å². The Labute approximate surface area is 85.1 Å². The lowest BCUT2D eigenvalue weighted by atomic mass is 10.2. The van der Waals surface area contributed by atoms with Gasteiger partial charge < -0.3 is 4.74 Å². The molecule has 0 aliphatic heterocycles. The van der Waals surface area contributed by atoms with E-state index in [1.807, 2.05) is 0 Å². The second-order valence-electron chi connectivity index (χ2n) is 3.83. The molecule has 0 aromatic heterocycles. The molecule has 0 saturated carbocycles. The van der Waals surface area contributed by atoms with Gasteiger partial charge in [0.05, 0.1) is 0 Å². The zero-order valence-electron chi connectivity index (χ0n) is 9.26. The van der Waals surface area contributed by atoms with Crippen molar-refractivity contribution in [1.82, 2.24) is 4.90 Å². The molecule has 0 unspecified atom stereocenters. The highest BCUT2D eigenvalue weighted by Crippen LogP contribution is 2.10. The van der Waals surface area contributed by atoms with Crippen molar-refractivity contribution in [2.45, 2.75) is 39.7 Å². The maximum absolute atomic E-state index is 11.5. The van der Waals surface area contributed by atoms with Crippen LogP contribution < -0.4 is 0 Å². The van der Waals surface area contributed by atoms with Crippen LogP contribution in [0.3, 0.4) is 0 Å². The number of hydrogen-bond donors (Lipinski definition) is 1. The Morgan fingerprint density at radius 2 is 2.07 bits per heavy atom. The van der Waals surface area contributed by atoms with Gasteiger partial charge in [0.25, 0.3) is 0 Å². The number of carbonyl (C=O) groups excluding carboxylic acids is 1.